The lowest BCUT2D eigenvalue weighted by molar-refractivity contribution is -0.0596. The van der Waals surface area contributed by atoms with Gasteiger partial charge in [-0.1, -0.05) is 19.9 Å². The van der Waals surface area contributed by atoms with Gasteiger partial charge in [-0.25, -0.2) is 4.98 Å². The van der Waals surface area contributed by atoms with E-state index in [0.717, 1.165) is 36.6 Å². The highest BCUT2D eigenvalue weighted by atomic mass is 16.5. The second-order valence-corrected chi connectivity index (χ2v) is 5.86. The van der Waals surface area contributed by atoms with E-state index in [1.54, 1.807) is 0 Å². The molecule has 1 aromatic heterocycles. The molecule has 3 rings (SSSR count). The number of ether oxygens (including phenoxy) is 1. The fraction of sp³-hybridized carbons (Fsp3) is 0.533. The van der Waals surface area contributed by atoms with Gasteiger partial charge < -0.3 is 15.0 Å². The summed E-state index contributed by atoms with van der Waals surface area (Å²) < 4.78 is 5.48. The molecule has 2 aromatic rings. The molecule has 4 heteroatoms. The number of nitrogens with zero attached hydrogens (tertiary/aromatic N) is 1. The fourth-order valence-corrected chi connectivity index (χ4v) is 2.59. The standard InChI is InChI=1S/C15H21N3O/c1-10(2)16-7-15(8-19-9-15)12-4-5-13-14(6-12)18-11(3)17-13/h4-6,10,16H,7-9H2,1-3H3,(H,17,18). The van der Waals surface area contributed by atoms with Crippen molar-refractivity contribution in [3.05, 3.63) is 29.6 Å². The third kappa shape index (κ3) is 2.26. The van der Waals surface area contributed by atoms with Crippen LogP contribution in [0, 0.1) is 6.92 Å². The fourth-order valence-electron chi connectivity index (χ4n) is 2.59. The van der Waals surface area contributed by atoms with E-state index in [2.05, 4.69) is 47.3 Å². The number of benzene rings is 1. The van der Waals surface area contributed by atoms with Gasteiger partial charge in [-0.05, 0) is 24.6 Å². The zero-order chi connectivity index (χ0) is 13.5. The Kier molecular flexibility index (Phi) is 3.07. The summed E-state index contributed by atoms with van der Waals surface area (Å²) in [4.78, 5) is 7.76. The van der Waals surface area contributed by atoms with Crippen LogP contribution < -0.4 is 5.32 Å². The lowest BCUT2D eigenvalue weighted by Crippen LogP contribution is -2.54. The highest BCUT2D eigenvalue weighted by molar-refractivity contribution is 5.76. The van der Waals surface area contributed by atoms with Gasteiger partial charge in [-0.15, -0.1) is 0 Å². The Hall–Kier alpha value is -1.39. The molecule has 0 bridgehead atoms. The molecule has 2 N–H and O–H groups in total. The molecule has 19 heavy (non-hydrogen) atoms. The molecule has 0 saturated carbocycles. The van der Waals surface area contributed by atoms with Crippen molar-refractivity contribution in [2.45, 2.75) is 32.2 Å². The largest absolute Gasteiger partial charge is 0.379 e. The van der Waals surface area contributed by atoms with Crippen molar-refractivity contribution in [2.24, 2.45) is 0 Å². The third-order valence-corrected chi connectivity index (χ3v) is 3.82. The van der Waals surface area contributed by atoms with Crippen LogP contribution in [0.15, 0.2) is 18.2 Å². The Bertz CT molecular complexity index is 584. The van der Waals surface area contributed by atoms with E-state index in [-0.39, 0.29) is 5.41 Å². The molecule has 0 atom stereocenters. The minimum absolute atomic E-state index is 0.122. The first-order valence-electron chi connectivity index (χ1n) is 6.87. The van der Waals surface area contributed by atoms with Crippen LogP contribution in [0.5, 0.6) is 0 Å². The predicted molar refractivity (Wildman–Crippen MR) is 76.5 cm³/mol. The van der Waals surface area contributed by atoms with Crippen molar-refractivity contribution in [1.82, 2.24) is 15.3 Å². The summed E-state index contributed by atoms with van der Waals surface area (Å²) in [5.74, 6) is 0.964. The molecule has 102 valence electrons. The number of H-pyrrole nitrogens is 1. The van der Waals surface area contributed by atoms with Gasteiger partial charge in [-0.2, -0.15) is 0 Å². The van der Waals surface area contributed by atoms with Crippen LogP contribution >= 0.6 is 0 Å². The SMILES string of the molecule is Cc1nc2ccc(C3(CNC(C)C)COC3)cc2[nH]1. The molecule has 1 aromatic carbocycles. The summed E-state index contributed by atoms with van der Waals surface area (Å²) in [7, 11) is 0. The van der Waals surface area contributed by atoms with Crippen molar-refractivity contribution in [3.8, 4) is 0 Å². The van der Waals surface area contributed by atoms with E-state index in [0.29, 0.717) is 6.04 Å². The summed E-state index contributed by atoms with van der Waals surface area (Å²) >= 11 is 0. The van der Waals surface area contributed by atoms with Crippen molar-refractivity contribution in [1.29, 1.82) is 0 Å². The molecular formula is C15H21N3O. The van der Waals surface area contributed by atoms with Crippen LogP contribution in [0.25, 0.3) is 11.0 Å². The highest BCUT2D eigenvalue weighted by Gasteiger charge is 2.40. The average Bonchev–Trinajstić information content (AvgIpc) is 2.66. The first kappa shape index (κ1) is 12.6. The first-order valence-corrected chi connectivity index (χ1v) is 6.87. The number of fused-ring (bicyclic) bond motifs is 1. The van der Waals surface area contributed by atoms with Gasteiger partial charge in [0, 0.05) is 12.6 Å². The smallest absolute Gasteiger partial charge is 0.104 e. The number of nitrogens with one attached hydrogen (secondary N) is 2. The van der Waals surface area contributed by atoms with Crippen LogP contribution in [-0.4, -0.2) is 35.8 Å². The molecule has 1 saturated heterocycles. The van der Waals surface area contributed by atoms with Gasteiger partial charge >= 0.3 is 0 Å². The van der Waals surface area contributed by atoms with Gasteiger partial charge in [0.15, 0.2) is 0 Å². The molecule has 4 nitrogen and oxygen atoms in total. The summed E-state index contributed by atoms with van der Waals surface area (Å²) in [6, 6.07) is 7.01. The number of hydrogen-bond acceptors (Lipinski definition) is 3. The van der Waals surface area contributed by atoms with E-state index in [1.165, 1.54) is 5.56 Å². The number of hydrogen-bond donors (Lipinski definition) is 2. The Balaban J connectivity index is 1.92. The first-order chi connectivity index (χ1) is 9.09. The Morgan fingerprint density at radius 3 is 2.84 bits per heavy atom. The third-order valence-electron chi connectivity index (χ3n) is 3.82. The van der Waals surface area contributed by atoms with Crippen molar-refractivity contribution >= 4 is 11.0 Å². The van der Waals surface area contributed by atoms with Crippen LogP contribution in [-0.2, 0) is 10.2 Å². The maximum Gasteiger partial charge on any atom is 0.104 e. The van der Waals surface area contributed by atoms with Crippen LogP contribution in [0.1, 0.15) is 25.2 Å². The van der Waals surface area contributed by atoms with Gasteiger partial charge in [0.2, 0.25) is 0 Å². The van der Waals surface area contributed by atoms with E-state index >= 15 is 0 Å². The van der Waals surface area contributed by atoms with E-state index in [4.69, 9.17) is 4.74 Å². The minimum Gasteiger partial charge on any atom is -0.379 e. The monoisotopic (exact) mass is 259 g/mol. The lowest BCUT2D eigenvalue weighted by atomic mass is 9.78. The molecule has 0 unspecified atom stereocenters. The van der Waals surface area contributed by atoms with Crippen LogP contribution in [0.4, 0.5) is 0 Å². The molecule has 0 radical (unpaired) electrons. The normalized spacial score (nSPS) is 17.9. The average molecular weight is 259 g/mol. The molecule has 2 heterocycles. The number of aromatic amines is 1. The molecule has 0 aliphatic carbocycles. The second kappa shape index (κ2) is 4.62. The zero-order valence-electron chi connectivity index (χ0n) is 11.8. The van der Waals surface area contributed by atoms with E-state index < -0.39 is 0 Å². The minimum atomic E-state index is 0.122. The van der Waals surface area contributed by atoms with E-state index in [9.17, 15) is 0 Å². The Morgan fingerprint density at radius 1 is 1.42 bits per heavy atom. The molecule has 0 spiro atoms. The van der Waals surface area contributed by atoms with Crippen molar-refractivity contribution in [2.75, 3.05) is 19.8 Å². The highest BCUT2D eigenvalue weighted by Crippen LogP contribution is 2.33. The van der Waals surface area contributed by atoms with Crippen LogP contribution in [0.2, 0.25) is 0 Å². The maximum absolute atomic E-state index is 5.48. The van der Waals surface area contributed by atoms with E-state index in [1.807, 2.05) is 6.92 Å². The second-order valence-electron chi connectivity index (χ2n) is 5.86. The summed E-state index contributed by atoms with van der Waals surface area (Å²) in [6.07, 6.45) is 0. The molecular weight excluding hydrogens is 238 g/mol. The Morgan fingerprint density at radius 2 is 2.21 bits per heavy atom. The topological polar surface area (TPSA) is 49.9 Å². The molecule has 0 amide bonds. The zero-order valence-corrected chi connectivity index (χ0v) is 11.8. The van der Waals surface area contributed by atoms with Gasteiger partial charge in [0.05, 0.1) is 29.7 Å². The van der Waals surface area contributed by atoms with Crippen LogP contribution in [0.3, 0.4) is 0 Å². The number of aromatic nitrogens is 2. The molecule has 1 aliphatic heterocycles. The number of aryl methyl sites for hydroxylation is 1. The molecule has 1 fully saturated rings. The number of rotatable bonds is 4. The van der Waals surface area contributed by atoms with Gasteiger partial charge in [-0.3, -0.25) is 0 Å². The van der Waals surface area contributed by atoms with Crippen molar-refractivity contribution in [3.63, 3.8) is 0 Å². The number of imidazole rings is 1. The summed E-state index contributed by atoms with van der Waals surface area (Å²) in [5, 5.41) is 3.53. The predicted octanol–water partition coefficient (Wildman–Crippen LogP) is 2.14. The summed E-state index contributed by atoms with van der Waals surface area (Å²) in [6.45, 7) is 8.89. The maximum atomic E-state index is 5.48. The summed E-state index contributed by atoms with van der Waals surface area (Å²) in [5.41, 5.74) is 3.61. The van der Waals surface area contributed by atoms with Gasteiger partial charge in [0.25, 0.3) is 0 Å². The van der Waals surface area contributed by atoms with Gasteiger partial charge in [0.1, 0.15) is 5.82 Å². The van der Waals surface area contributed by atoms with Crippen molar-refractivity contribution < 1.29 is 4.74 Å². The lowest BCUT2D eigenvalue weighted by Gasteiger charge is -2.42. The Labute approximate surface area is 113 Å². The molecule has 1 aliphatic rings. The quantitative estimate of drug-likeness (QED) is 0.884.